The van der Waals surface area contributed by atoms with Gasteiger partial charge in [-0.1, -0.05) is 29.8 Å². The Bertz CT molecular complexity index is 511. The summed E-state index contributed by atoms with van der Waals surface area (Å²) in [6.45, 7) is 0. The lowest BCUT2D eigenvalue weighted by Gasteiger charge is -2.07. The van der Waals surface area contributed by atoms with Crippen LogP contribution in [0.3, 0.4) is 0 Å². The number of phenolic OH excluding ortho intramolecular Hbond substituents is 1. The van der Waals surface area contributed by atoms with E-state index in [2.05, 4.69) is 0 Å². The third-order valence-electron chi connectivity index (χ3n) is 2.47. The molecule has 3 N–H and O–H groups in total. The molecular formula is C13H12ClNO. The third-order valence-corrected chi connectivity index (χ3v) is 2.83. The van der Waals surface area contributed by atoms with Gasteiger partial charge in [-0.3, -0.25) is 0 Å². The second-order valence-electron chi connectivity index (χ2n) is 3.65. The van der Waals surface area contributed by atoms with Gasteiger partial charge in [-0.15, -0.1) is 0 Å². The van der Waals surface area contributed by atoms with E-state index < -0.39 is 0 Å². The molecule has 0 aromatic heterocycles. The molecule has 3 heteroatoms. The van der Waals surface area contributed by atoms with Gasteiger partial charge in [0.05, 0.1) is 0 Å². The van der Waals surface area contributed by atoms with E-state index in [1.165, 1.54) is 0 Å². The average Bonchev–Trinajstić information content (AvgIpc) is 2.27. The summed E-state index contributed by atoms with van der Waals surface area (Å²) in [7, 11) is 0. The molecule has 2 aromatic carbocycles. The van der Waals surface area contributed by atoms with Crippen LogP contribution in [-0.4, -0.2) is 5.11 Å². The molecule has 0 atom stereocenters. The lowest BCUT2D eigenvalue weighted by molar-refractivity contribution is 0.475. The Kier molecular flexibility index (Phi) is 3.02. The number of anilines is 1. The fourth-order valence-electron chi connectivity index (χ4n) is 1.59. The molecule has 0 aliphatic carbocycles. The minimum atomic E-state index is 0.219. The van der Waals surface area contributed by atoms with Crippen molar-refractivity contribution in [1.29, 1.82) is 0 Å². The number of hydrogen-bond acceptors (Lipinski definition) is 2. The second kappa shape index (κ2) is 4.45. The van der Waals surface area contributed by atoms with Gasteiger partial charge in [-0.2, -0.15) is 0 Å². The Morgan fingerprint density at radius 3 is 2.56 bits per heavy atom. The summed E-state index contributed by atoms with van der Waals surface area (Å²) in [5.74, 6) is 0.219. The molecule has 82 valence electrons. The maximum absolute atomic E-state index is 9.40. The summed E-state index contributed by atoms with van der Waals surface area (Å²) in [6.07, 6.45) is 0.625. The topological polar surface area (TPSA) is 46.2 Å². The van der Waals surface area contributed by atoms with Crippen LogP contribution in [0.1, 0.15) is 11.1 Å². The Balaban J connectivity index is 2.34. The number of aromatic hydroxyl groups is 1. The SMILES string of the molecule is Nc1ccc(O)cc1Cc1ccccc1Cl. The number of hydrogen-bond donors (Lipinski definition) is 2. The van der Waals surface area contributed by atoms with Crippen LogP contribution in [0.25, 0.3) is 0 Å². The van der Waals surface area contributed by atoms with Gasteiger partial charge in [0.2, 0.25) is 0 Å². The maximum atomic E-state index is 9.40. The van der Waals surface area contributed by atoms with Gasteiger partial charge in [-0.05, 0) is 35.4 Å². The summed E-state index contributed by atoms with van der Waals surface area (Å²) in [6, 6.07) is 12.5. The smallest absolute Gasteiger partial charge is 0.116 e. The van der Waals surface area contributed by atoms with Crippen LogP contribution in [0.2, 0.25) is 5.02 Å². The molecule has 0 radical (unpaired) electrons. The van der Waals surface area contributed by atoms with Crippen LogP contribution in [0.15, 0.2) is 42.5 Å². The maximum Gasteiger partial charge on any atom is 0.116 e. The molecule has 16 heavy (non-hydrogen) atoms. The zero-order valence-corrected chi connectivity index (χ0v) is 9.41. The molecule has 2 nitrogen and oxygen atoms in total. The van der Waals surface area contributed by atoms with E-state index in [0.717, 1.165) is 11.1 Å². The molecule has 0 fully saturated rings. The van der Waals surface area contributed by atoms with Crippen molar-refractivity contribution < 1.29 is 5.11 Å². The lowest BCUT2D eigenvalue weighted by Crippen LogP contribution is -1.95. The molecule has 2 rings (SSSR count). The third kappa shape index (κ3) is 2.28. The molecule has 0 spiro atoms. The normalized spacial score (nSPS) is 10.3. The number of halogens is 1. The number of phenols is 1. The van der Waals surface area contributed by atoms with Gasteiger partial charge in [0.15, 0.2) is 0 Å². The Hall–Kier alpha value is -1.67. The van der Waals surface area contributed by atoms with Crippen LogP contribution < -0.4 is 5.73 Å². The van der Waals surface area contributed by atoms with Gasteiger partial charge in [-0.25, -0.2) is 0 Å². The quantitative estimate of drug-likeness (QED) is 0.618. The predicted molar refractivity (Wildman–Crippen MR) is 66.8 cm³/mol. The first-order valence-electron chi connectivity index (χ1n) is 4.97. The molecule has 0 unspecified atom stereocenters. The van der Waals surface area contributed by atoms with E-state index in [1.807, 2.05) is 24.3 Å². The van der Waals surface area contributed by atoms with Crippen molar-refractivity contribution >= 4 is 17.3 Å². The second-order valence-corrected chi connectivity index (χ2v) is 4.06. The summed E-state index contributed by atoms with van der Waals surface area (Å²) in [5.41, 5.74) is 8.38. The zero-order valence-electron chi connectivity index (χ0n) is 8.65. The number of nitrogens with two attached hydrogens (primary N) is 1. The Labute approximate surface area is 99.3 Å². The van der Waals surface area contributed by atoms with Crippen LogP contribution in [-0.2, 0) is 6.42 Å². The first kappa shape index (κ1) is 10.8. The minimum absolute atomic E-state index is 0.219. The highest BCUT2D eigenvalue weighted by molar-refractivity contribution is 6.31. The van der Waals surface area contributed by atoms with Gasteiger partial charge in [0.25, 0.3) is 0 Å². The largest absolute Gasteiger partial charge is 0.508 e. The van der Waals surface area contributed by atoms with E-state index in [-0.39, 0.29) is 5.75 Å². The standard InChI is InChI=1S/C13H12ClNO/c14-12-4-2-1-3-9(12)7-10-8-11(16)5-6-13(10)15/h1-6,8,16H,7,15H2. The first-order chi connectivity index (χ1) is 7.66. The van der Waals surface area contributed by atoms with Crippen molar-refractivity contribution in [2.75, 3.05) is 5.73 Å². The molecule has 0 bridgehead atoms. The van der Waals surface area contributed by atoms with E-state index in [4.69, 9.17) is 17.3 Å². The highest BCUT2D eigenvalue weighted by Crippen LogP contribution is 2.24. The van der Waals surface area contributed by atoms with Crippen molar-refractivity contribution in [1.82, 2.24) is 0 Å². The van der Waals surface area contributed by atoms with E-state index in [0.29, 0.717) is 17.1 Å². The fourth-order valence-corrected chi connectivity index (χ4v) is 1.79. The van der Waals surface area contributed by atoms with Gasteiger partial charge < -0.3 is 10.8 Å². The van der Waals surface area contributed by atoms with Crippen molar-refractivity contribution in [3.63, 3.8) is 0 Å². The highest BCUT2D eigenvalue weighted by atomic mass is 35.5. The number of nitrogen functional groups attached to an aromatic ring is 1. The van der Waals surface area contributed by atoms with Crippen molar-refractivity contribution in [3.8, 4) is 5.75 Å². The monoisotopic (exact) mass is 233 g/mol. The van der Waals surface area contributed by atoms with Crippen LogP contribution in [0.4, 0.5) is 5.69 Å². The van der Waals surface area contributed by atoms with E-state index in [9.17, 15) is 5.11 Å². The molecule has 0 amide bonds. The lowest BCUT2D eigenvalue weighted by atomic mass is 10.0. The predicted octanol–water partition coefficient (Wildman–Crippen LogP) is 3.22. The molecule has 0 aliphatic heterocycles. The number of benzene rings is 2. The van der Waals surface area contributed by atoms with Gasteiger partial charge in [0, 0.05) is 17.1 Å². The van der Waals surface area contributed by atoms with Crippen LogP contribution in [0, 0.1) is 0 Å². The fraction of sp³-hybridized carbons (Fsp3) is 0.0769. The average molecular weight is 234 g/mol. The molecule has 0 aliphatic rings. The molecular weight excluding hydrogens is 222 g/mol. The van der Waals surface area contributed by atoms with Crippen molar-refractivity contribution in [2.45, 2.75) is 6.42 Å². The van der Waals surface area contributed by atoms with E-state index in [1.54, 1.807) is 18.2 Å². The van der Waals surface area contributed by atoms with Crippen molar-refractivity contribution in [2.24, 2.45) is 0 Å². The van der Waals surface area contributed by atoms with Crippen LogP contribution >= 0.6 is 11.6 Å². The Morgan fingerprint density at radius 2 is 1.81 bits per heavy atom. The summed E-state index contributed by atoms with van der Waals surface area (Å²) in [4.78, 5) is 0. The van der Waals surface area contributed by atoms with Gasteiger partial charge in [0.1, 0.15) is 5.75 Å². The molecule has 0 saturated heterocycles. The molecule has 0 heterocycles. The highest BCUT2D eigenvalue weighted by Gasteiger charge is 2.04. The van der Waals surface area contributed by atoms with Crippen LogP contribution in [0.5, 0.6) is 5.75 Å². The zero-order chi connectivity index (χ0) is 11.5. The van der Waals surface area contributed by atoms with Gasteiger partial charge >= 0.3 is 0 Å². The molecule has 0 saturated carbocycles. The summed E-state index contributed by atoms with van der Waals surface area (Å²) >= 11 is 6.06. The van der Waals surface area contributed by atoms with E-state index >= 15 is 0 Å². The minimum Gasteiger partial charge on any atom is -0.508 e. The molecule has 2 aromatic rings. The summed E-state index contributed by atoms with van der Waals surface area (Å²) < 4.78 is 0. The number of rotatable bonds is 2. The Morgan fingerprint density at radius 1 is 1.06 bits per heavy atom. The first-order valence-corrected chi connectivity index (χ1v) is 5.35. The van der Waals surface area contributed by atoms with Crippen molar-refractivity contribution in [3.05, 3.63) is 58.6 Å². The summed E-state index contributed by atoms with van der Waals surface area (Å²) in [5, 5.41) is 10.1.